The van der Waals surface area contributed by atoms with Gasteiger partial charge in [-0.2, -0.15) is 0 Å². The van der Waals surface area contributed by atoms with Crippen molar-refractivity contribution in [1.82, 2.24) is 0 Å². The number of nitrogens with zero attached hydrogens (tertiary/aromatic N) is 1. The molecule has 32 heavy (non-hydrogen) atoms. The van der Waals surface area contributed by atoms with Crippen LogP contribution in [0.1, 0.15) is 35.7 Å². The molecule has 3 aromatic carbocycles. The Morgan fingerprint density at radius 3 is 2.31 bits per heavy atom. The molecular formula is C28H27NO2S. The number of carbonyl (C=O) groups is 1. The van der Waals surface area contributed by atoms with Crippen LogP contribution >= 0.6 is 0 Å². The molecule has 0 spiro atoms. The van der Waals surface area contributed by atoms with E-state index in [1.807, 2.05) is 72.5 Å². The van der Waals surface area contributed by atoms with Crippen LogP contribution in [0.15, 0.2) is 112 Å². The van der Waals surface area contributed by atoms with E-state index in [1.54, 1.807) is 24.3 Å². The summed E-state index contributed by atoms with van der Waals surface area (Å²) in [5.41, 5.74) is 4.01. The molecule has 3 nitrogen and oxygen atoms in total. The van der Waals surface area contributed by atoms with E-state index in [4.69, 9.17) is 0 Å². The lowest BCUT2D eigenvalue weighted by atomic mass is 9.97. The maximum Gasteiger partial charge on any atom is 0.258 e. The van der Waals surface area contributed by atoms with Gasteiger partial charge in [-0.15, -0.1) is 0 Å². The molecule has 0 fully saturated rings. The van der Waals surface area contributed by atoms with Crippen LogP contribution in [0.4, 0.5) is 5.69 Å². The van der Waals surface area contributed by atoms with E-state index in [9.17, 15) is 9.00 Å². The van der Waals surface area contributed by atoms with E-state index < -0.39 is 10.8 Å². The zero-order valence-corrected chi connectivity index (χ0v) is 19.1. The largest absolute Gasteiger partial charge is 0.304 e. The first kappa shape index (κ1) is 22.0. The van der Waals surface area contributed by atoms with Crippen LogP contribution in [0.5, 0.6) is 0 Å². The SMILES string of the molecule is C/C=C\C=C1/CCCc2ccccc2N(C(=O)c2ccc(S(=O)c3ccccc3)cc2)C1. The summed E-state index contributed by atoms with van der Waals surface area (Å²) in [6.45, 7) is 2.57. The van der Waals surface area contributed by atoms with Gasteiger partial charge in [0.15, 0.2) is 0 Å². The Balaban J connectivity index is 1.64. The van der Waals surface area contributed by atoms with Gasteiger partial charge in [-0.1, -0.05) is 60.2 Å². The Labute approximate surface area is 192 Å². The zero-order valence-electron chi connectivity index (χ0n) is 18.2. The summed E-state index contributed by atoms with van der Waals surface area (Å²) < 4.78 is 12.8. The highest BCUT2D eigenvalue weighted by Gasteiger charge is 2.23. The molecule has 0 saturated heterocycles. The summed E-state index contributed by atoms with van der Waals surface area (Å²) in [5, 5.41) is 0. The smallest absolute Gasteiger partial charge is 0.258 e. The molecule has 4 heteroatoms. The van der Waals surface area contributed by atoms with Gasteiger partial charge in [0.05, 0.1) is 10.8 Å². The molecule has 3 aromatic rings. The number of fused-ring (bicyclic) bond motifs is 1. The lowest BCUT2D eigenvalue weighted by Gasteiger charge is -2.29. The van der Waals surface area contributed by atoms with Gasteiger partial charge in [0.25, 0.3) is 5.91 Å². The van der Waals surface area contributed by atoms with E-state index in [0.717, 1.165) is 29.8 Å². The fraction of sp³-hybridized carbons (Fsp3) is 0.179. The molecule has 1 unspecified atom stereocenters. The lowest BCUT2D eigenvalue weighted by molar-refractivity contribution is 0.0988. The number of allylic oxidation sites excluding steroid dienone is 3. The number of aryl methyl sites for hydroxylation is 1. The molecule has 0 radical (unpaired) electrons. The molecular weight excluding hydrogens is 414 g/mol. The Kier molecular flexibility index (Phi) is 7.13. The molecule has 1 atom stereocenters. The number of para-hydroxylation sites is 1. The van der Waals surface area contributed by atoms with Crippen LogP contribution in [-0.4, -0.2) is 16.7 Å². The fourth-order valence-electron chi connectivity index (χ4n) is 3.97. The van der Waals surface area contributed by atoms with Crippen LogP contribution < -0.4 is 4.90 Å². The predicted molar refractivity (Wildman–Crippen MR) is 132 cm³/mol. The third kappa shape index (κ3) is 4.97. The van der Waals surface area contributed by atoms with Crippen molar-refractivity contribution < 1.29 is 9.00 Å². The van der Waals surface area contributed by atoms with Crippen molar-refractivity contribution in [3.05, 3.63) is 114 Å². The lowest BCUT2D eigenvalue weighted by Crippen LogP contribution is -2.34. The number of benzene rings is 3. The van der Waals surface area contributed by atoms with Gasteiger partial charge in [0.2, 0.25) is 0 Å². The molecule has 1 aliphatic rings. The zero-order chi connectivity index (χ0) is 22.3. The Hall–Kier alpha value is -3.24. The molecule has 0 aromatic heterocycles. The van der Waals surface area contributed by atoms with Gasteiger partial charge in [-0.05, 0) is 74.2 Å². The molecule has 0 bridgehead atoms. The number of amides is 1. The number of hydrogen-bond acceptors (Lipinski definition) is 2. The van der Waals surface area contributed by atoms with Gasteiger partial charge in [0.1, 0.15) is 0 Å². The second-order valence-electron chi connectivity index (χ2n) is 7.83. The van der Waals surface area contributed by atoms with Crippen molar-refractivity contribution in [1.29, 1.82) is 0 Å². The number of anilines is 1. The molecule has 1 heterocycles. The van der Waals surface area contributed by atoms with E-state index in [0.29, 0.717) is 17.0 Å². The van der Waals surface area contributed by atoms with Gasteiger partial charge in [0, 0.05) is 27.6 Å². The molecule has 1 amide bonds. The average Bonchev–Trinajstić information content (AvgIpc) is 2.84. The summed E-state index contributed by atoms with van der Waals surface area (Å²) in [6.07, 6.45) is 9.17. The van der Waals surface area contributed by atoms with Crippen molar-refractivity contribution in [3.8, 4) is 0 Å². The van der Waals surface area contributed by atoms with Crippen LogP contribution in [0.2, 0.25) is 0 Å². The second-order valence-corrected chi connectivity index (χ2v) is 9.31. The molecule has 0 N–H and O–H groups in total. The molecule has 4 rings (SSSR count). The van der Waals surface area contributed by atoms with E-state index in [1.165, 1.54) is 11.1 Å². The minimum absolute atomic E-state index is 0.0391. The van der Waals surface area contributed by atoms with E-state index in [2.05, 4.69) is 12.1 Å². The predicted octanol–water partition coefficient (Wildman–Crippen LogP) is 6.34. The maximum absolute atomic E-state index is 13.6. The molecule has 1 aliphatic heterocycles. The van der Waals surface area contributed by atoms with E-state index in [-0.39, 0.29) is 5.91 Å². The Morgan fingerprint density at radius 1 is 0.875 bits per heavy atom. The summed E-state index contributed by atoms with van der Waals surface area (Å²) in [5.74, 6) is -0.0391. The molecule has 162 valence electrons. The summed E-state index contributed by atoms with van der Waals surface area (Å²) in [4.78, 5) is 16.9. The summed E-state index contributed by atoms with van der Waals surface area (Å²) in [7, 11) is -1.27. The third-order valence-electron chi connectivity index (χ3n) is 5.63. The normalized spacial score (nSPS) is 16.4. The Morgan fingerprint density at radius 2 is 1.56 bits per heavy atom. The maximum atomic E-state index is 13.6. The number of carbonyl (C=O) groups excluding carboxylic acids is 1. The van der Waals surface area contributed by atoms with Crippen molar-refractivity contribution in [2.45, 2.75) is 36.0 Å². The fourth-order valence-corrected chi connectivity index (χ4v) is 5.03. The first-order valence-electron chi connectivity index (χ1n) is 10.9. The van der Waals surface area contributed by atoms with Crippen molar-refractivity contribution in [3.63, 3.8) is 0 Å². The summed E-state index contributed by atoms with van der Waals surface area (Å²) in [6, 6.07) is 24.7. The standard InChI is InChI=1S/C28H27NO2S/c1-2-3-10-22-11-9-13-23-12-7-8-16-27(23)29(21-22)28(30)24-17-19-26(20-18-24)32(31)25-14-5-4-6-15-25/h2-8,10,12,14-20H,9,11,13,21H2,1H3/b3-2-,22-10+. The topological polar surface area (TPSA) is 37.4 Å². The van der Waals surface area contributed by atoms with Crippen molar-refractivity contribution >= 4 is 22.4 Å². The minimum Gasteiger partial charge on any atom is -0.304 e. The van der Waals surface area contributed by atoms with Crippen LogP contribution in [0.25, 0.3) is 0 Å². The first-order valence-corrected chi connectivity index (χ1v) is 12.1. The molecule has 0 aliphatic carbocycles. The minimum atomic E-state index is -1.27. The van der Waals surface area contributed by atoms with Crippen LogP contribution in [0.3, 0.4) is 0 Å². The highest BCUT2D eigenvalue weighted by Crippen LogP contribution is 2.29. The summed E-state index contributed by atoms with van der Waals surface area (Å²) >= 11 is 0. The second kappa shape index (κ2) is 10.4. The van der Waals surface area contributed by atoms with Crippen LogP contribution in [-0.2, 0) is 17.2 Å². The first-order chi connectivity index (χ1) is 15.7. The highest BCUT2D eigenvalue weighted by atomic mass is 32.2. The molecule has 0 saturated carbocycles. The number of hydrogen-bond donors (Lipinski definition) is 0. The number of rotatable bonds is 4. The van der Waals surface area contributed by atoms with Crippen molar-refractivity contribution in [2.24, 2.45) is 0 Å². The third-order valence-corrected chi connectivity index (χ3v) is 7.03. The van der Waals surface area contributed by atoms with Crippen LogP contribution in [0, 0.1) is 0 Å². The van der Waals surface area contributed by atoms with Gasteiger partial charge in [-0.25, -0.2) is 4.21 Å². The van der Waals surface area contributed by atoms with Gasteiger partial charge < -0.3 is 4.90 Å². The Bertz CT molecular complexity index is 1160. The van der Waals surface area contributed by atoms with E-state index >= 15 is 0 Å². The average molecular weight is 442 g/mol. The monoisotopic (exact) mass is 441 g/mol. The van der Waals surface area contributed by atoms with Gasteiger partial charge >= 0.3 is 0 Å². The van der Waals surface area contributed by atoms with Crippen molar-refractivity contribution in [2.75, 3.05) is 11.4 Å². The highest BCUT2D eigenvalue weighted by molar-refractivity contribution is 7.85. The van der Waals surface area contributed by atoms with Gasteiger partial charge in [-0.3, -0.25) is 4.79 Å². The quantitative estimate of drug-likeness (QED) is 0.474.